The zero-order valence-corrected chi connectivity index (χ0v) is 10.9. The van der Waals surface area contributed by atoms with Gasteiger partial charge < -0.3 is 5.11 Å². The Kier molecular flexibility index (Phi) is 3.76. The van der Waals surface area contributed by atoms with E-state index in [1.54, 1.807) is 18.2 Å². The Morgan fingerprint density at radius 1 is 1.18 bits per heavy atom. The van der Waals surface area contributed by atoms with Gasteiger partial charge in [0.2, 0.25) is 0 Å². The molecule has 1 aromatic carbocycles. The predicted molar refractivity (Wildman–Crippen MR) is 66.9 cm³/mol. The smallest absolute Gasteiger partial charge is 0.185 e. The molecule has 1 aromatic rings. The molecule has 5 heteroatoms. The van der Waals surface area contributed by atoms with Crippen molar-refractivity contribution >= 4 is 21.4 Å². The van der Waals surface area contributed by atoms with Crippen molar-refractivity contribution in [2.24, 2.45) is 0 Å². The summed E-state index contributed by atoms with van der Waals surface area (Å²) in [5.74, 6) is 0. The van der Waals surface area contributed by atoms with Crippen molar-refractivity contribution in [2.75, 3.05) is 0 Å². The molecule has 0 aliphatic heterocycles. The lowest BCUT2D eigenvalue weighted by atomic mass is 9.97. The molecule has 3 nitrogen and oxygen atoms in total. The van der Waals surface area contributed by atoms with E-state index >= 15 is 0 Å². The largest absolute Gasteiger partial charge is 0.392 e. The van der Waals surface area contributed by atoms with E-state index in [9.17, 15) is 13.5 Å². The summed E-state index contributed by atoms with van der Waals surface area (Å²) in [7, 11) is -3.52. The summed E-state index contributed by atoms with van der Waals surface area (Å²) in [6.07, 6.45) is 2.01. The molecule has 94 valence electrons. The number of rotatable bonds is 2. The van der Waals surface area contributed by atoms with Crippen LogP contribution < -0.4 is 0 Å². The SMILES string of the molecule is O=S(=O)(c1ccccc1Cl)C1CCCCC1O. The van der Waals surface area contributed by atoms with Crippen molar-refractivity contribution < 1.29 is 13.5 Å². The molecule has 1 saturated carbocycles. The Bertz CT molecular complexity index is 498. The maximum Gasteiger partial charge on any atom is 0.185 e. The molecule has 1 N–H and O–H groups in total. The molecule has 1 aliphatic rings. The topological polar surface area (TPSA) is 54.4 Å². The highest BCUT2D eigenvalue weighted by atomic mass is 35.5. The number of aliphatic hydroxyl groups is 1. The monoisotopic (exact) mass is 274 g/mol. The quantitative estimate of drug-likeness (QED) is 0.901. The Hall–Kier alpha value is -0.580. The minimum absolute atomic E-state index is 0.132. The van der Waals surface area contributed by atoms with Gasteiger partial charge in [0.15, 0.2) is 9.84 Å². The van der Waals surface area contributed by atoms with Crippen LogP contribution in [0.25, 0.3) is 0 Å². The third-order valence-corrected chi connectivity index (χ3v) is 5.97. The summed E-state index contributed by atoms with van der Waals surface area (Å²) >= 11 is 5.91. The fourth-order valence-electron chi connectivity index (χ4n) is 2.28. The average molecular weight is 275 g/mol. The molecular formula is C12H15ClO3S. The van der Waals surface area contributed by atoms with E-state index in [1.165, 1.54) is 6.07 Å². The molecule has 2 rings (SSSR count). The van der Waals surface area contributed by atoms with Crippen LogP contribution in [0.5, 0.6) is 0 Å². The van der Waals surface area contributed by atoms with Gasteiger partial charge in [0, 0.05) is 0 Å². The Balaban J connectivity index is 2.39. The first kappa shape index (κ1) is 12.9. The minimum Gasteiger partial charge on any atom is -0.392 e. The summed E-state index contributed by atoms with van der Waals surface area (Å²) in [6.45, 7) is 0. The average Bonchev–Trinajstić information content (AvgIpc) is 2.29. The van der Waals surface area contributed by atoms with Crippen LogP contribution >= 0.6 is 11.6 Å². The first-order chi connectivity index (χ1) is 8.03. The zero-order valence-electron chi connectivity index (χ0n) is 9.34. The standard InChI is InChI=1S/C12H15ClO3S/c13-9-5-1-3-7-11(9)17(15,16)12-8-4-2-6-10(12)14/h1,3,5,7,10,12,14H,2,4,6,8H2. The van der Waals surface area contributed by atoms with Crippen LogP contribution in [0.15, 0.2) is 29.2 Å². The number of benzene rings is 1. The molecule has 1 aliphatic carbocycles. The van der Waals surface area contributed by atoms with Gasteiger partial charge in [0.05, 0.1) is 21.3 Å². The van der Waals surface area contributed by atoms with Crippen LogP contribution in [0.2, 0.25) is 5.02 Å². The Morgan fingerprint density at radius 2 is 1.82 bits per heavy atom. The van der Waals surface area contributed by atoms with Gasteiger partial charge in [-0.2, -0.15) is 0 Å². The summed E-state index contributed by atoms with van der Waals surface area (Å²) < 4.78 is 24.7. The number of halogens is 1. The van der Waals surface area contributed by atoms with Crippen LogP contribution in [0.4, 0.5) is 0 Å². The summed E-state index contributed by atoms with van der Waals surface area (Å²) in [5.41, 5.74) is 0. The number of aliphatic hydroxyl groups excluding tert-OH is 1. The second kappa shape index (κ2) is 4.96. The van der Waals surface area contributed by atoms with Gasteiger partial charge in [0.1, 0.15) is 0 Å². The fourth-order valence-corrected chi connectivity index (χ4v) is 4.70. The van der Waals surface area contributed by atoms with Crippen LogP contribution in [-0.4, -0.2) is 24.9 Å². The van der Waals surface area contributed by atoms with Gasteiger partial charge in [-0.15, -0.1) is 0 Å². The first-order valence-corrected chi connectivity index (χ1v) is 7.62. The van der Waals surface area contributed by atoms with Crippen LogP contribution in [0.1, 0.15) is 25.7 Å². The van der Waals surface area contributed by atoms with Crippen molar-refractivity contribution in [1.82, 2.24) is 0 Å². The number of sulfone groups is 1. The van der Waals surface area contributed by atoms with Gasteiger partial charge in [-0.25, -0.2) is 8.42 Å². The van der Waals surface area contributed by atoms with E-state index in [0.717, 1.165) is 12.8 Å². The summed E-state index contributed by atoms with van der Waals surface area (Å²) in [5, 5.41) is 9.35. The molecule has 1 fully saturated rings. The maximum atomic E-state index is 12.4. The van der Waals surface area contributed by atoms with Gasteiger partial charge in [-0.05, 0) is 25.0 Å². The molecule has 0 amide bonds. The minimum atomic E-state index is -3.52. The Labute approximate surface area is 106 Å². The zero-order chi connectivity index (χ0) is 12.5. The number of hydrogen-bond donors (Lipinski definition) is 1. The van der Waals surface area contributed by atoms with Gasteiger partial charge in [0.25, 0.3) is 0 Å². The van der Waals surface area contributed by atoms with Crippen LogP contribution in [0, 0.1) is 0 Å². The van der Waals surface area contributed by atoms with E-state index in [1.807, 2.05) is 0 Å². The molecule has 17 heavy (non-hydrogen) atoms. The second-order valence-corrected chi connectivity index (χ2v) is 6.91. The van der Waals surface area contributed by atoms with E-state index in [-0.39, 0.29) is 9.92 Å². The van der Waals surface area contributed by atoms with Gasteiger partial charge >= 0.3 is 0 Å². The molecular weight excluding hydrogens is 260 g/mol. The first-order valence-electron chi connectivity index (χ1n) is 5.70. The van der Waals surface area contributed by atoms with Crippen molar-refractivity contribution in [2.45, 2.75) is 41.9 Å². The lowest BCUT2D eigenvalue weighted by Crippen LogP contribution is -2.36. The van der Waals surface area contributed by atoms with Crippen molar-refractivity contribution in [3.05, 3.63) is 29.3 Å². The summed E-state index contributed by atoms with van der Waals surface area (Å²) in [4.78, 5) is 0.132. The van der Waals surface area contributed by atoms with Gasteiger partial charge in [-0.3, -0.25) is 0 Å². The lowest BCUT2D eigenvalue weighted by molar-refractivity contribution is 0.133. The van der Waals surface area contributed by atoms with Crippen molar-refractivity contribution in [3.63, 3.8) is 0 Å². The lowest BCUT2D eigenvalue weighted by Gasteiger charge is -2.27. The van der Waals surface area contributed by atoms with Crippen LogP contribution in [-0.2, 0) is 9.84 Å². The van der Waals surface area contributed by atoms with Crippen LogP contribution in [0.3, 0.4) is 0 Å². The maximum absolute atomic E-state index is 12.4. The summed E-state index contributed by atoms with van der Waals surface area (Å²) in [6, 6.07) is 6.40. The molecule has 0 saturated heterocycles. The van der Waals surface area contributed by atoms with Crippen molar-refractivity contribution in [3.8, 4) is 0 Å². The molecule has 0 radical (unpaired) electrons. The van der Waals surface area contributed by atoms with E-state index in [0.29, 0.717) is 12.8 Å². The number of hydrogen-bond acceptors (Lipinski definition) is 3. The molecule has 0 heterocycles. The van der Waals surface area contributed by atoms with E-state index in [4.69, 9.17) is 11.6 Å². The van der Waals surface area contributed by atoms with Gasteiger partial charge in [-0.1, -0.05) is 36.6 Å². The molecule has 0 spiro atoms. The molecule has 0 aromatic heterocycles. The third-order valence-electron chi connectivity index (χ3n) is 3.21. The molecule has 2 unspecified atom stereocenters. The third kappa shape index (κ3) is 2.49. The van der Waals surface area contributed by atoms with E-state index < -0.39 is 21.2 Å². The highest BCUT2D eigenvalue weighted by Gasteiger charge is 2.36. The second-order valence-electron chi connectivity index (χ2n) is 4.37. The molecule has 2 atom stereocenters. The predicted octanol–water partition coefficient (Wildman–Crippen LogP) is 2.42. The highest BCUT2D eigenvalue weighted by molar-refractivity contribution is 7.92. The molecule has 0 bridgehead atoms. The van der Waals surface area contributed by atoms with E-state index in [2.05, 4.69) is 0 Å². The normalized spacial score (nSPS) is 25.8. The van der Waals surface area contributed by atoms with Crippen molar-refractivity contribution in [1.29, 1.82) is 0 Å². The fraction of sp³-hybridized carbons (Fsp3) is 0.500. The highest BCUT2D eigenvalue weighted by Crippen LogP contribution is 2.32. The Morgan fingerprint density at radius 3 is 2.47 bits per heavy atom.